The first kappa shape index (κ1) is 24.0. The Morgan fingerprint density at radius 2 is 1.62 bits per heavy atom. The number of unbranched alkanes of at least 4 members (excludes halogenated alkanes) is 1. The first-order valence-electron chi connectivity index (χ1n) is 12.2. The second-order valence-corrected chi connectivity index (χ2v) is 8.71. The number of amides is 1. The van der Waals surface area contributed by atoms with Gasteiger partial charge in [0.25, 0.3) is 5.91 Å². The van der Waals surface area contributed by atoms with Crippen LogP contribution in [0.25, 0.3) is 21.9 Å². The molecule has 2 heterocycles. The smallest absolute Gasteiger partial charge is 0.257 e. The number of nitrogens with two attached hydrogens (primary N) is 1. The van der Waals surface area contributed by atoms with Crippen LogP contribution >= 0.6 is 0 Å². The summed E-state index contributed by atoms with van der Waals surface area (Å²) < 4.78 is 7.66. The minimum Gasteiger partial charge on any atom is -0.484 e. The maximum absolute atomic E-state index is 12.5. The molecule has 8 nitrogen and oxygen atoms in total. The summed E-state index contributed by atoms with van der Waals surface area (Å²) in [6, 6.07) is 23.8. The van der Waals surface area contributed by atoms with Crippen LogP contribution in [0.1, 0.15) is 28.8 Å². The van der Waals surface area contributed by atoms with E-state index in [4.69, 9.17) is 10.5 Å². The number of fused-ring (bicyclic) bond motifs is 3. The topological polar surface area (TPSA) is 112 Å². The Bertz CT molecular complexity index is 1550. The highest BCUT2D eigenvalue weighted by atomic mass is 16.5. The zero-order chi connectivity index (χ0) is 25.6. The number of para-hydroxylation sites is 1. The third kappa shape index (κ3) is 5.43. The SMILES string of the molecule is Nc1nc2ccccc2c2c1ncn2CCCCNC(=O)COc1ccc(C(=O)c2ccccc2)cc1. The number of pyridine rings is 1. The molecular weight excluding hydrogens is 466 g/mol. The van der Waals surface area contributed by atoms with Gasteiger partial charge in [-0.05, 0) is 43.2 Å². The zero-order valence-electron chi connectivity index (χ0n) is 20.3. The van der Waals surface area contributed by atoms with Crippen LogP contribution < -0.4 is 15.8 Å². The van der Waals surface area contributed by atoms with E-state index in [-0.39, 0.29) is 18.3 Å². The highest BCUT2D eigenvalue weighted by Crippen LogP contribution is 2.27. The van der Waals surface area contributed by atoms with Crippen molar-refractivity contribution in [2.75, 3.05) is 18.9 Å². The van der Waals surface area contributed by atoms with Crippen molar-refractivity contribution in [1.82, 2.24) is 19.9 Å². The standard InChI is InChI=1S/C29H27N5O3/c30-29-26-27(23-10-4-5-11-24(23)33-29)34(19-32-26)17-7-6-16-31-25(35)18-37-22-14-12-21(13-15-22)28(36)20-8-2-1-3-9-20/h1-5,8-15,19H,6-7,16-18H2,(H2,30,33)(H,31,35). The zero-order valence-corrected chi connectivity index (χ0v) is 20.3. The van der Waals surface area contributed by atoms with Crippen LogP contribution in [0, 0.1) is 0 Å². The second kappa shape index (κ2) is 10.9. The van der Waals surface area contributed by atoms with Crippen LogP contribution in [-0.2, 0) is 11.3 Å². The summed E-state index contributed by atoms with van der Waals surface area (Å²) in [7, 11) is 0. The lowest BCUT2D eigenvalue weighted by Gasteiger charge is -2.09. The van der Waals surface area contributed by atoms with E-state index in [1.165, 1.54) is 0 Å². The first-order valence-corrected chi connectivity index (χ1v) is 12.2. The van der Waals surface area contributed by atoms with E-state index in [1.807, 2.05) is 42.5 Å². The predicted octanol–water partition coefficient (Wildman–Crippen LogP) is 4.37. The molecule has 0 atom stereocenters. The van der Waals surface area contributed by atoms with E-state index < -0.39 is 0 Å². The molecule has 5 aromatic rings. The number of benzene rings is 3. The Balaban J connectivity index is 1.07. The highest BCUT2D eigenvalue weighted by Gasteiger charge is 2.12. The van der Waals surface area contributed by atoms with Crippen molar-refractivity contribution in [3.63, 3.8) is 0 Å². The lowest BCUT2D eigenvalue weighted by atomic mass is 10.0. The number of aromatic nitrogens is 3. The van der Waals surface area contributed by atoms with Crippen LogP contribution in [0.15, 0.2) is 85.2 Å². The van der Waals surface area contributed by atoms with Crippen LogP contribution in [0.5, 0.6) is 5.75 Å². The van der Waals surface area contributed by atoms with Gasteiger partial charge in [-0.2, -0.15) is 0 Å². The van der Waals surface area contributed by atoms with E-state index >= 15 is 0 Å². The van der Waals surface area contributed by atoms with Gasteiger partial charge >= 0.3 is 0 Å². The summed E-state index contributed by atoms with van der Waals surface area (Å²) in [4.78, 5) is 33.6. The van der Waals surface area contributed by atoms with Gasteiger partial charge in [-0.25, -0.2) is 9.97 Å². The number of rotatable bonds is 10. The number of imidazole rings is 1. The number of carbonyl (C=O) groups is 2. The molecule has 5 rings (SSSR count). The van der Waals surface area contributed by atoms with E-state index in [0.717, 1.165) is 35.8 Å². The van der Waals surface area contributed by atoms with E-state index in [0.29, 0.717) is 34.8 Å². The van der Waals surface area contributed by atoms with Crippen molar-refractivity contribution in [3.05, 3.63) is 96.3 Å². The van der Waals surface area contributed by atoms with Gasteiger partial charge in [-0.3, -0.25) is 9.59 Å². The lowest BCUT2D eigenvalue weighted by molar-refractivity contribution is -0.123. The number of nitrogens with one attached hydrogen (secondary N) is 1. The summed E-state index contributed by atoms with van der Waals surface area (Å²) in [5, 5.41) is 3.91. The van der Waals surface area contributed by atoms with E-state index in [2.05, 4.69) is 19.9 Å². The molecule has 3 aromatic carbocycles. The van der Waals surface area contributed by atoms with Crippen molar-refractivity contribution in [3.8, 4) is 5.75 Å². The molecule has 1 amide bonds. The van der Waals surface area contributed by atoms with Gasteiger partial charge in [0.05, 0.1) is 17.4 Å². The number of ketones is 1. The monoisotopic (exact) mass is 493 g/mol. The summed E-state index contributed by atoms with van der Waals surface area (Å²) in [6.45, 7) is 1.21. The van der Waals surface area contributed by atoms with Gasteiger partial charge in [0, 0.05) is 29.6 Å². The molecule has 0 radical (unpaired) electrons. The Morgan fingerprint density at radius 3 is 2.43 bits per heavy atom. The number of anilines is 1. The third-order valence-electron chi connectivity index (χ3n) is 6.15. The maximum atomic E-state index is 12.5. The molecule has 8 heteroatoms. The Hall–Kier alpha value is -4.72. The molecule has 2 aromatic heterocycles. The van der Waals surface area contributed by atoms with E-state index in [1.54, 1.807) is 42.7 Å². The maximum Gasteiger partial charge on any atom is 0.257 e. The third-order valence-corrected chi connectivity index (χ3v) is 6.15. The fourth-order valence-corrected chi connectivity index (χ4v) is 4.27. The number of nitrogen functional groups attached to an aromatic ring is 1. The highest BCUT2D eigenvalue weighted by molar-refractivity contribution is 6.09. The average Bonchev–Trinajstić information content (AvgIpc) is 3.37. The second-order valence-electron chi connectivity index (χ2n) is 8.71. The van der Waals surface area contributed by atoms with Gasteiger partial charge in [-0.15, -0.1) is 0 Å². The normalized spacial score (nSPS) is 11.0. The summed E-state index contributed by atoms with van der Waals surface area (Å²) in [5.41, 5.74) is 9.84. The number of nitrogens with zero attached hydrogens (tertiary/aromatic N) is 3. The molecule has 186 valence electrons. The number of ether oxygens (including phenoxy) is 1. The Morgan fingerprint density at radius 1 is 0.892 bits per heavy atom. The predicted molar refractivity (Wildman–Crippen MR) is 144 cm³/mol. The Kier molecular flexibility index (Phi) is 7.07. The lowest BCUT2D eigenvalue weighted by Crippen LogP contribution is -2.29. The summed E-state index contributed by atoms with van der Waals surface area (Å²) in [6.07, 6.45) is 3.46. The summed E-state index contributed by atoms with van der Waals surface area (Å²) in [5.74, 6) is 0.717. The quantitative estimate of drug-likeness (QED) is 0.221. The molecule has 0 saturated carbocycles. The van der Waals surface area contributed by atoms with Crippen molar-refractivity contribution >= 4 is 39.4 Å². The van der Waals surface area contributed by atoms with Crippen molar-refractivity contribution in [1.29, 1.82) is 0 Å². The molecule has 0 aliphatic heterocycles. The molecule has 0 fully saturated rings. The van der Waals surface area contributed by atoms with E-state index in [9.17, 15) is 9.59 Å². The molecule has 0 spiro atoms. The first-order chi connectivity index (χ1) is 18.1. The minimum atomic E-state index is -0.192. The number of carbonyl (C=O) groups excluding carboxylic acids is 2. The van der Waals surface area contributed by atoms with Crippen molar-refractivity contribution in [2.24, 2.45) is 0 Å². The molecular formula is C29H27N5O3. The molecule has 3 N–H and O–H groups in total. The van der Waals surface area contributed by atoms with Gasteiger partial charge in [0.1, 0.15) is 11.3 Å². The molecule has 0 aliphatic rings. The molecule has 0 bridgehead atoms. The van der Waals surface area contributed by atoms with Gasteiger partial charge in [0.2, 0.25) is 0 Å². The molecule has 0 saturated heterocycles. The van der Waals surface area contributed by atoms with Crippen molar-refractivity contribution in [2.45, 2.75) is 19.4 Å². The minimum absolute atomic E-state index is 0.0538. The average molecular weight is 494 g/mol. The summed E-state index contributed by atoms with van der Waals surface area (Å²) >= 11 is 0. The molecule has 37 heavy (non-hydrogen) atoms. The van der Waals surface area contributed by atoms with Gasteiger partial charge < -0.3 is 20.4 Å². The van der Waals surface area contributed by atoms with Crippen LogP contribution in [-0.4, -0.2) is 39.4 Å². The van der Waals surface area contributed by atoms with Crippen molar-refractivity contribution < 1.29 is 14.3 Å². The van der Waals surface area contributed by atoms with Crippen LogP contribution in [0.3, 0.4) is 0 Å². The number of aryl methyl sites for hydroxylation is 1. The fraction of sp³-hybridized carbons (Fsp3) is 0.172. The van der Waals surface area contributed by atoms with Crippen LogP contribution in [0.4, 0.5) is 5.82 Å². The molecule has 0 aliphatic carbocycles. The number of hydrogen-bond acceptors (Lipinski definition) is 6. The molecule has 0 unspecified atom stereocenters. The number of hydrogen-bond donors (Lipinski definition) is 2. The van der Waals surface area contributed by atoms with Crippen LogP contribution in [0.2, 0.25) is 0 Å². The van der Waals surface area contributed by atoms with Gasteiger partial charge in [-0.1, -0.05) is 48.5 Å². The fourth-order valence-electron chi connectivity index (χ4n) is 4.27. The Labute approximate surface area is 214 Å². The largest absolute Gasteiger partial charge is 0.484 e. The van der Waals surface area contributed by atoms with Gasteiger partial charge in [0.15, 0.2) is 18.2 Å².